The molecule has 80 valence electrons. The van der Waals surface area contributed by atoms with Crippen LogP contribution in [0.15, 0.2) is 4.99 Å². The molecule has 0 N–H and O–H groups in total. The second kappa shape index (κ2) is 3.79. The van der Waals surface area contributed by atoms with Crippen LogP contribution in [-0.2, 0) is 4.74 Å². The van der Waals surface area contributed by atoms with Crippen molar-refractivity contribution < 1.29 is 4.74 Å². The van der Waals surface area contributed by atoms with Crippen LogP contribution in [0.1, 0.15) is 39.5 Å². The minimum absolute atomic E-state index is 0.326. The molecule has 0 amide bonds. The van der Waals surface area contributed by atoms with Gasteiger partial charge in [-0.1, -0.05) is 6.42 Å². The lowest BCUT2D eigenvalue weighted by Gasteiger charge is -2.25. The molecular weight excluding hydrogens is 176 g/mol. The highest BCUT2D eigenvalue weighted by Crippen LogP contribution is 2.30. The standard InChI is InChI=1S/C11H20N2O/c1-8(2)12-11-13(3)9-6-4-5-7-10(9)14-11/h8-10H,4-7H2,1-3H3/b12-11+. The third-order valence-electron chi connectivity index (χ3n) is 3.09. The van der Waals surface area contributed by atoms with E-state index in [4.69, 9.17) is 4.74 Å². The van der Waals surface area contributed by atoms with Gasteiger partial charge in [0.1, 0.15) is 6.10 Å². The van der Waals surface area contributed by atoms with Crippen molar-refractivity contribution in [2.45, 2.75) is 57.7 Å². The first-order valence-corrected chi connectivity index (χ1v) is 5.66. The van der Waals surface area contributed by atoms with Crippen LogP contribution in [0, 0.1) is 0 Å². The van der Waals surface area contributed by atoms with Gasteiger partial charge in [0.2, 0.25) is 0 Å². The lowest BCUT2D eigenvalue weighted by molar-refractivity contribution is 0.146. The van der Waals surface area contributed by atoms with Crippen molar-refractivity contribution in [2.24, 2.45) is 4.99 Å². The second-order valence-corrected chi connectivity index (χ2v) is 4.62. The summed E-state index contributed by atoms with van der Waals surface area (Å²) < 4.78 is 5.86. The zero-order valence-corrected chi connectivity index (χ0v) is 9.36. The van der Waals surface area contributed by atoms with Crippen molar-refractivity contribution in [2.75, 3.05) is 7.05 Å². The Morgan fingerprint density at radius 3 is 2.71 bits per heavy atom. The zero-order chi connectivity index (χ0) is 10.1. The summed E-state index contributed by atoms with van der Waals surface area (Å²) in [6.45, 7) is 4.18. The number of rotatable bonds is 1. The summed E-state index contributed by atoms with van der Waals surface area (Å²) in [5.41, 5.74) is 0. The van der Waals surface area contributed by atoms with Gasteiger partial charge in [-0.2, -0.15) is 0 Å². The molecule has 2 unspecified atom stereocenters. The Bertz CT molecular complexity index is 237. The maximum absolute atomic E-state index is 5.86. The molecule has 1 saturated heterocycles. The number of aliphatic imine (C=N–C) groups is 1. The minimum Gasteiger partial charge on any atom is -0.460 e. The van der Waals surface area contributed by atoms with E-state index in [9.17, 15) is 0 Å². The number of nitrogens with zero attached hydrogens (tertiary/aromatic N) is 2. The lowest BCUT2D eigenvalue weighted by Crippen LogP contribution is -2.36. The summed E-state index contributed by atoms with van der Waals surface area (Å²) in [4.78, 5) is 6.73. The fourth-order valence-electron chi connectivity index (χ4n) is 2.36. The molecule has 1 aliphatic heterocycles. The van der Waals surface area contributed by atoms with Gasteiger partial charge >= 0.3 is 0 Å². The van der Waals surface area contributed by atoms with Crippen molar-refractivity contribution in [3.63, 3.8) is 0 Å². The molecule has 3 heteroatoms. The molecule has 1 heterocycles. The van der Waals surface area contributed by atoms with E-state index in [1.54, 1.807) is 0 Å². The van der Waals surface area contributed by atoms with E-state index in [-0.39, 0.29) is 0 Å². The molecule has 0 spiro atoms. The second-order valence-electron chi connectivity index (χ2n) is 4.62. The predicted octanol–water partition coefficient (Wildman–Crippen LogP) is 2.02. The fraction of sp³-hybridized carbons (Fsp3) is 0.909. The molecule has 1 aliphatic carbocycles. The smallest absolute Gasteiger partial charge is 0.288 e. The molecular formula is C11H20N2O. The highest BCUT2D eigenvalue weighted by atomic mass is 16.5. The van der Waals surface area contributed by atoms with Crippen LogP contribution in [0.5, 0.6) is 0 Å². The van der Waals surface area contributed by atoms with Crippen molar-refractivity contribution in [3.8, 4) is 0 Å². The first-order valence-electron chi connectivity index (χ1n) is 5.66. The van der Waals surface area contributed by atoms with Gasteiger partial charge in [0.25, 0.3) is 6.02 Å². The molecule has 0 radical (unpaired) electrons. The van der Waals surface area contributed by atoms with E-state index < -0.39 is 0 Å². The predicted molar refractivity (Wildman–Crippen MR) is 57.5 cm³/mol. The Balaban J connectivity index is 2.10. The molecule has 2 aliphatic rings. The van der Waals surface area contributed by atoms with Crippen molar-refractivity contribution >= 4 is 6.02 Å². The van der Waals surface area contributed by atoms with Crippen molar-refractivity contribution in [3.05, 3.63) is 0 Å². The van der Waals surface area contributed by atoms with E-state index in [1.807, 2.05) is 0 Å². The third-order valence-corrected chi connectivity index (χ3v) is 3.09. The van der Waals surface area contributed by atoms with Gasteiger partial charge in [-0.3, -0.25) is 0 Å². The lowest BCUT2D eigenvalue weighted by atomic mass is 9.93. The Hall–Kier alpha value is -0.730. The van der Waals surface area contributed by atoms with E-state index in [1.165, 1.54) is 25.7 Å². The average molecular weight is 196 g/mol. The van der Waals surface area contributed by atoms with Gasteiger partial charge in [-0.05, 0) is 33.1 Å². The number of fused-ring (bicyclic) bond motifs is 1. The van der Waals surface area contributed by atoms with Gasteiger partial charge in [-0.15, -0.1) is 0 Å². The number of likely N-dealkylation sites (N-methyl/N-ethyl adjacent to an activating group) is 1. The molecule has 1 saturated carbocycles. The number of ether oxygens (including phenoxy) is 1. The number of hydrogen-bond acceptors (Lipinski definition) is 2. The van der Waals surface area contributed by atoms with Crippen LogP contribution in [0.3, 0.4) is 0 Å². The van der Waals surface area contributed by atoms with E-state index in [0.717, 1.165) is 6.02 Å². The fourth-order valence-corrected chi connectivity index (χ4v) is 2.36. The van der Waals surface area contributed by atoms with E-state index >= 15 is 0 Å². The maximum Gasteiger partial charge on any atom is 0.288 e. The Labute approximate surface area is 86.1 Å². The van der Waals surface area contributed by atoms with Gasteiger partial charge in [0, 0.05) is 13.1 Å². The topological polar surface area (TPSA) is 24.8 Å². The quantitative estimate of drug-likeness (QED) is 0.641. The summed E-state index contributed by atoms with van der Waals surface area (Å²) in [5, 5.41) is 0. The Morgan fingerprint density at radius 2 is 2.07 bits per heavy atom. The third kappa shape index (κ3) is 1.72. The van der Waals surface area contributed by atoms with Gasteiger partial charge in [0.05, 0.1) is 6.04 Å². The van der Waals surface area contributed by atoms with Crippen molar-refractivity contribution in [1.29, 1.82) is 0 Å². The highest BCUT2D eigenvalue weighted by Gasteiger charge is 2.39. The first-order chi connectivity index (χ1) is 6.68. The van der Waals surface area contributed by atoms with Crippen LogP contribution in [0.4, 0.5) is 0 Å². The number of hydrogen-bond donors (Lipinski definition) is 0. The van der Waals surface area contributed by atoms with Crippen molar-refractivity contribution in [1.82, 2.24) is 4.90 Å². The zero-order valence-electron chi connectivity index (χ0n) is 9.36. The molecule has 3 nitrogen and oxygen atoms in total. The summed E-state index contributed by atoms with van der Waals surface area (Å²) in [5.74, 6) is 0. The molecule has 0 aromatic heterocycles. The maximum atomic E-state index is 5.86. The molecule has 0 aromatic carbocycles. The Kier molecular flexibility index (Phi) is 2.66. The van der Waals surface area contributed by atoms with Crippen LogP contribution in [0.2, 0.25) is 0 Å². The summed E-state index contributed by atoms with van der Waals surface area (Å²) in [6, 6.07) is 1.77. The molecule has 0 aromatic rings. The van der Waals surface area contributed by atoms with Crippen LogP contribution < -0.4 is 0 Å². The SMILES string of the molecule is CC(C)/N=C1/OC2CCCCC2N1C. The molecule has 2 atom stereocenters. The molecule has 2 rings (SSSR count). The van der Waals surface area contributed by atoms with Gasteiger partial charge in [-0.25, -0.2) is 4.99 Å². The monoisotopic (exact) mass is 196 g/mol. The average Bonchev–Trinajstić information content (AvgIpc) is 2.44. The van der Waals surface area contributed by atoms with Gasteiger partial charge < -0.3 is 9.64 Å². The molecule has 2 fully saturated rings. The normalized spacial score (nSPS) is 34.9. The summed E-state index contributed by atoms with van der Waals surface area (Å²) in [7, 11) is 2.11. The summed E-state index contributed by atoms with van der Waals surface area (Å²) >= 11 is 0. The Morgan fingerprint density at radius 1 is 1.36 bits per heavy atom. The van der Waals surface area contributed by atoms with Crippen LogP contribution >= 0.6 is 0 Å². The minimum atomic E-state index is 0.326. The molecule has 14 heavy (non-hydrogen) atoms. The highest BCUT2D eigenvalue weighted by molar-refractivity contribution is 5.76. The van der Waals surface area contributed by atoms with Crippen LogP contribution in [-0.4, -0.2) is 36.2 Å². The van der Waals surface area contributed by atoms with E-state index in [0.29, 0.717) is 18.2 Å². The number of amidine groups is 1. The van der Waals surface area contributed by atoms with E-state index in [2.05, 4.69) is 30.8 Å². The largest absolute Gasteiger partial charge is 0.460 e. The first kappa shape index (κ1) is 9.81. The summed E-state index contributed by atoms with van der Waals surface area (Å²) in [6.07, 6.45) is 5.52. The van der Waals surface area contributed by atoms with Crippen LogP contribution in [0.25, 0.3) is 0 Å². The van der Waals surface area contributed by atoms with Gasteiger partial charge in [0.15, 0.2) is 0 Å². The molecule has 0 bridgehead atoms.